The van der Waals surface area contributed by atoms with Gasteiger partial charge in [-0.2, -0.15) is 0 Å². The van der Waals surface area contributed by atoms with Crippen molar-refractivity contribution in [2.75, 3.05) is 13.7 Å². The minimum Gasteiger partial charge on any atom is -0.470 e. The van der Waals surface area contributed by atoms with Crippen LogP contribution in [0, 0.1) is 5.92 Å². The van der Waals surface area contributed by atoms with Gasteiger partial charge in [-0.15, -0.1) is 0 Å². The number of rotatable bonds is 4. The lowest BCUT2D eigenvalue weighted by atomic mass is 10.2. The van der Waals surface area contributed by atoms with E-state index in [2.05, 4.69) is 13.8 Å². The minimum atomic E-state index is -0.146. The minimum absolute atomic E-state index is 0.126. The van der Waals surface area contributed by atoms with Crippen molar-refractivity contribution in [1.82, 2.24) is 0 Å². The molecule has 0 bridgehead atoms. The molecule has 3 nitrogen and oxygen atoms in total. The van der Waals surface area contributed by atoms with Gasteiger partial charge in [-0.25, -0.2) is 0 Å². The Labute approximate surface area is 86.0 Å². The molecule has 0 aromatic rings. The van der Waals surface area contributed by atoms with Crippen molar-refractivity contribution in [1.29, 1.82) is 0 Å². The van der Waals surface area contributed by atoms with E-state index >= 15 is 0 Å². The topological polar surface area (TPSA) is 27.7 Å². The van der Waals surface area contributed by atoms with Crippen LogP contribution in [0.4, 0.5) is 0 Å². The number of hydrogen-bond donors (Lipinski definition) is 0. The lowest BCUT2D eigenvalue weighted by molar-refractivity contribution is -0.149. The molecule has 0 radical (unpaired) electrons. The molecule has 1 aliphatic rings. The SMILES string of the molecule is COC1C=C(C)OC(OCC(C)C)C1. The highest BCUT2D eigenvalue weighted by atomic mass is 16.7. The second kappa shape index (κ2) is 5.37. The standard InChI is InChI=1S/C11H20O3/c1-8(2)7-13-11-6-10(12-4)5-9(3)14-11/h5,8,10-11H,6-7H2,1-4H3. The number of allylic oxidation sites excluding steroid dienone is 1. The average Bonchev–Trinajstić information content (AvgIpc) is 2.14. The first-order valence-corrected chi connectivity index (χ1v) is 5.11. The van der Waals surface area contributed by atoms with Crippen LogP contribution in [0.2, 0.25) is 0 Å². The van der Waals surface area contributed by atoms with Gasteiger partial charge in [-0.3, -0.25) is 0 Å². The zero-order valence-electron chi connectivity index (χ0n) is 9.45. The highest BCUT2D eigenvalue weighted by molar-refractivity contribution is 4.99. The summed E-state index contributed by atoms with van der Waals surface area (Å²) < 4.78 is 16.4. The zero-order chi connectivity index (χ0) is 10.6. The molecule has 1 heterocycles. The maximum atomic E-state index is 5.60. The smallest absolute Gasteiger partial charge is 0.202 e. The molecule has 82 valence electrons. The third kappa shape index (κ3) is 3.68. The van der Waals surface area contributed by atoms with Crippen molar-refractivity contribution in [3.63, 3.8) is 0 Å². The fraction of sp³-hybridized carbons (Fsp3) is 0.818. The Balaban J connectivity index is 2.38. The predicted molar refractivity (Wildman–Crippen MR) is 54.8 cm³/mol. The summed E-state index contributed by atoms with van der Waals surface area (Å²) in [7, 11) is 1.71. The summed E-state index contributed by atoms with van der Waals surface area (Å²) in [5, 5.41) is 0. The molecule has 0 saturated heterocycles. The van der Waals surface area contributed by atoms with Crippen LogP contribution < -0.4 is 0 Å². The van der Waals surface area contributed by atoms with E-state index in [1.54, 1.807) is 7.11 Å². The summed E-state index contributed by atoms with van der Waals surface area (Å²) in [6, 6.07) is 0. The quantitative estimate of drug-likeness (QED) is 0.697. The third-order valence-corrected chi connectivity index (χ3v) is 2.08. The predicted octanol–water partition coefficient (Wildman–Crippen LogP) is 2.32. The molecule has 0 aromatic carbocycles. The molecule has 3 heteroatoms. The van der Waals surface area contributed by atoms with E-state index in [0.717, 1.165) is 18.8 Å². The van der Waals surface area contributed by atoms with Crippen molar-refractivity contribution in [3.05, 3.63) is 11.8 Å². The molecule has 14 heavy (non-hydrogen) atoms. The van der Waals surface area contributed by atoms with Gasteiger partial charge in [0.2, 0.25) is 6.29 Å². The number of ether oxygens (including phenoxy) is 3. The summed E-state index contributed by atoms with van der Waals surface area (Å²) in [6.45, 7) is 6.91. The Bertz CT molecular complexity index is 199. The van der Waals surface area contributed by atoms with Crippen molar-refractivity contribution < 1.29 is 14.2 Å². The summed E-state index contributed by atoms with van der Waals surface area (Å²) >= 11 is 0. The van der Waals surface area contributed by atoms with Crippen molar-refractivity contribution in [3.8, 4) is 0 Å². The maximum Gasteiger partial charge on any atom is 0.202 e. The van der Waals surface area contributed by atoms with Gasteiger partial charge in [0.25, 0.3) is 0 Å². The van der Waals surface area contributed by atoms with Gasteiger partial charge in [0.15, 0.2) is 0 Å². The fourth-order valence-electron chi connectivity index (χ4n) is 1.38. The first-order chi connectivity index (χ1) is 6.61. The third-order valence-electron chi connectivity index (χ3n) is 2.08. The summed E-state index contributed by atoms with van der Waals surface area (Å²) in [4.78, 5) is 0. The molecule has 1 aliphatic heterocycles. The number of methoxy groups -OCH3 is 1. The molecule has 1 rings (SSSR count). The Morgan fingerprint density at radius 2 is 2.29 bits per heavy atom. The highest BCUT2D eigenvalue weighted by Gasteiger charge is 2.22. The van der Waals surface area contributed by atoms with Gasteiger partial charge in [-0.1, -0.05) is 13.8 Å². The Morgan fingerprint density at radius 3 is 2.86 bits per heavy atom. The van der Waals surface area contributed by atoms with Crippen LogP contribution >= 0.6 is 0 Å². The summed E-state index contributed by atoms with van der Waals surface area (Å²) in [5.41, 5.74) is 0. The van der Waals surface area contributed by atoms with E-state index in [1.165, 1.54) is 0 Å². The Hall–Kier alpha value is -0.540. The monoisotopic (exact) mass is 200 g/mol. The van der Waals surface area contributed by atoms with Crippen LogP contribution in [-0.4, -0.2) is 26.1 Å². The van der Waals surface area contributed by atoms with E-state index in [0.29, 0.717) is 5.92 Å². The Kier molecular flexibility index (Phi) is 4.42. The molecule has 2 unspecified atom stereocenters. The Morgan fingerprint density at radius 1 is 1.57 bits per heavy atom. The van der Waals surface area contributed by atoms with Gasteiger partial charge in [-0.05, 0) is 18.9 Å². The number of hydrogen-bond acceptors (Lipinski definition) is 3. The largest absolute Gasteiger partial charge is 0.470 e. The molecule has 0 saturated carbocycles. The molecule has 0 N–H and O–H groups in total. The van der Waals surface area contributed by atoms with Gasteiger partial charge in [0, 0.05) is 13.5 Å². The van der Waals surface area contributed by atoms with Crippen LogP contribution in [0.5, 0.6) is 0 Å². The lowest BCUT2D eigenvalue weighted by Gasteiger charge is -2.28. The molecule has 0 amide bonds. The van der Waals surface area contributed by atoms with E-state index < -0.39 is 0 Å². The molecule has 0 fully saturated rings. The van der Waals surface area contributed by atoms with Gasteiger partial charge < -0.3 is 14.2 Å². The molecule has 0 spiro atoms. The lowest BCUT2D eigenvalue weighted by Crippen LogP contribution is -2.29. The van der Waals surface area contributed by atoms with Crippen molar-refractivity contribution in [2.45, 2.75) is 39.6 Å². The van der Waals surface area contributed by atoms with Crippen LogP contribution in [0.15, 0.2) is 11.8 Å². The molecule has 0 aliphatic carbocycles. The second-order valence-electron chi connectivity index (χ2n) is 4.06. The summed E-state index contributed by atoms with van der Waals surface area (Å²) in [6.07, 6.45) is 2.74. The highest BCUT2D eigenvalue weighted by Crippen LogP contribution is 2.20. The van der Waals surface area contributed by atoms with Gasteiger partial charge >= 0.3 is 0 Å². The van der Waals surface area contributed by atoms with E-state index in [-0.39, 0.29) is 12.4 Å². The van der Waals surface area contributed by atoms with Crippen molar-refractivity contribution in [2.24, 2.45) is 5.92 Å². The van der Waals surface area contributed by atoms with Crippen molar-refractivity contribution >= 4 is 0 Å². The van der Waals surface area contributed by atoms with Crippen LogP contribution in [0.3, 0.4) is 0 Å². The van der Waals surface area contributed by atoms with Crippen LogP contribution in [0.1, 0.15) is 27.2 Å². The van der Waals surface area contributed by atoms with Gasteiger partial charge in [0.1, 0.15) is 0 Å². The first kappa shape index (κ1) is 11.5. The summed E-state index contributed by atoms with van der Waals surface area (Å²) in [5.74, 6) is 1.42. The molecule has 0 aromatic heterocycles. The van der Waals surface area contributed by atoms with Gasteiger partial charge in [0.05, 0.1) is 18.5 Å². The van der Waals surface area contributed by atoms with E-state index in [1.807, 2.05) is 13.0 Å². The second-order valence-corrected chi connectivity index (χ2v) is 4.06. The van der Waals surface area contributed by atoms with Crippen LogP contribution in [0.25, 0.3) is 0 Å². The maximum absolute atomic E-state index is 5.60. The average molecular weight is 200 g/mol. The molecular weight excluding hydrogens is 180 g/mol. The van der Waals surface area contributed by atoms with E-state index in [9.17, 15) is 0 Å². The normalized spacial score (nSPS) is 27.4. The molecule has 2 atom stereocenters. The zero-order valence-corrected chi connectivity index (χ0v) is 9.45. The molecular formula is C11H20O3. The fourth-order valence-corrected chi connectivity index (χ4v) is 1.38. The van der Waals surface area contributed by atoms with E-state index in [4.69, 9.17) is 14.2 Å². The van der Waals surface area contributed by atoms with Crippen LogP contribution in [-0.2, 0) is 14.2 Å². The first-order valence-electron chi connectivity index (χ1n) is 5.11.